The van der Waals surface area contributed by atoms with E-state index in [0.29, 0.717) is 31.8 Å². The molecule has 0 aromatic rings. The Labute approximate surface area is 196 Å². The molecule has 0 radical (unpaired) electrons. The van der Waals surface area contributed by atoms with E-state index in [1.54, 1.807) is 20.8 Å². The van der Waals surface area contributed by atoms with Gasteiger partial charge in [-0.25, -0.2) is 0 Å². The topological polar surface area (TPSA) is 67.9 Å². The number of ether oxygens (including phenoxy) is 2. The van der Waals surface area contributed by atoms with Crippen LogP contribution in [-0.4, -0.2) is 66.9 Å². The molecule has 1 N–H and O–H groups in total. The molecule has 0 aromatic heterocycles. The lowest BCUT2D eigenvalue weighted by molar-refractivity contribution is -0.159. The van der Waals surface area contributed by atoms with Gasteiger partial charge in [-0.1, -0.05) is 0 Å². The minimum Gasteiger partial charge on any atom is -0.460 e. The molecule has 2 saturated heterocycles. The van der Waals surface area contributed by atoms with E-state index in [9.17, 15) is 22.8 Å². The number of nitrogens with zero attached hydrogens (tertiary/aromatic N) is 1. The summed E-state index contributed by atoms with van der Waals surface area (Å²) in [6, 6.07) is 0. The number of hydrogen-bond donors (Lipinski definition) is 1. The molecule has 0 bridgehead atoms. The molecule has 2 heterocycles. The van der Waals surface area contributed by atoms with Crippen molar-refractivity contribution in [1.29, 1.82) is 0 Å². The van der Waals surface area contributed by atoms with Crippen molar-refractivity contribution in [2.45, 2.75) is 97.4 Å². The molecule has 2 rings (SSSR count). The number of carbonyl (C=O) groups is 2. The van der Waals surface area contributed by atoms with Gasteiger partial charge in [0.05, 0.1) is 6.54 Å². The normalized spacial score (nSPS) is 22.7. The lowest BCUT2D eigenvalue weighted by Gasteiger charge is -2.33. The molecule has 2 aliphatic heterocycles. The Morgan fingerprint density at radius 1 is 0.879 bits per heavy atom. The zero-order chi connectivity index (χ0) is 25.3. The van der Waals surface area contributed by atoms with E-state index in [1.807, 2.05) is 20.8 Å². The van der Waals surface area contributed by atoms with Crippen molar-refractivity contribution in [3.05, 3.63) is 0 Å². The summed E-state index contributed by atoms with van der Waals surface area (Å²) in [4.78, 5) is 24.5. The summed E-state index contributed by atoms with van der Waals surface area (Å²) in [5.74, 6) is 0.0436. The molecule has 0 unspecified atom stereocenters. The van der Waals surface area contributed by atoms with Gasteiger partial charge in [-0.05, 0) is 98.7 Å². The fourth-order valence-electron chi connectivity index (χ4n) is 4.05. The van der Waals surface area contributed by atoms with Crippen LogP contribution in [0.1, 0.15) is 80.1 Å². The molecular weight excluding hydrogens is 437 g/mol. The van der Waals surface area contributed by atoms with Crippen molar-refractivity contribution >= 4 is 11.9 Å². The third kappa shape index (κ3) is 16.0. The minimum absolute atomic E-state index is 0.0362. The molecule has 33 heavy (non-hydrogen) atoms. The first-order chi connectivity index (χ1) is 15.0. The summed E-state index contributed by atoms with van der Waals surface area (Å²) in [7, 11) is 0. The van der Waals surface area contributed by atoms with E-state index < -0.39 is 18.3 Å². The molecule has 6 nitrogen and oxygen atoms in total. The molecule has 2 fully saturated rings. The van der Waals surface area contributed by atoms with Gasteiger partial charge < -0.3 is 14.8 Å². The third-order valence-electron chi connectivity index (χ3n) is 5.16. The molecule has 0 aliphatic carbocycles. The Bertz CT molecular complexity index is 606. The second kappa shape index (κ2) is 12.9. The number of halogens is 3. The number of likely N-dealkylation sites (tertiary alicyclic amines) is 1. The van der Waals surface area contributed by atoms with Gasteiger partial charge in [0.25, 0.3) is 0 Å². The average Bonchev–Trinajstić information content (AvgIpc) is 2.58. The Hall–Kier alpha value is -1.35. The smallest absolute Gasteiger partial charge is 0.401 e. The van der Waals surface area contributed by atoms with Crippen LogP contribution >= 0.6 is 0 Å². The second-order valence-electron chi connectivity index (χ2n) is 11.2. The van der Waals surface area contributed by atoms with Crippen molar-refractivity contribution in [3.8, 4) is 0 Å². The monoisotopic (exact) mass is 480 g/mol. The van der Waals surface area contributed by atoms with E-state index in [-0.39, 0.29) is 29.9 Å². The van der Waals surface area contributed by atoms with E-state index in [2.05, 4.69) is 5.32 Å². The van der Waals surface area contributed by atoms with Crippen molar-refractivity contribution in [3.63, 3.8) is 0 Å². The van der Waals surface area contributed by atoms with Crippen LogP contribution in [0.15, 0.2) is 0 Å². The highest BCUT2D eigenvalue weighted by Crippen LogP contribution is 2.25. The molecule has 0 spiro atoms. The Morgan fingerprint density at radius 2 is 1.39 bits per heavy atom. The maximum absolute atomic E-state index is 12.3. The van der Waals surface area contributed by atoms with Gasteiger partial charge in [0.15, 0.2) is 0 Å². The van der Waals surface area contributed by atoms with Gasteiger partial charge in [0.1, 0.15) is 11.2 Å². The van der Waals surface area contributed by atoms with Crippen LogP contribution in [0.2, 0.25) is 0 Å². The summed E-state index contributed by atoms with van der Waals surface area (Å²) in [5.41, 5.74) is -0.892. The number of nitrogens with one attached hydrogen (secondary N) is 1. The van der Waals surface area contributed by atoms with Crippen molar-refractivity contribution in [2.75, 3.05) is 32.7 Å². The summed E-state index contributed by atoms with van der Waals surface area (Å²) in [6.45, 7) is 13.0. The molecular formula is C24H43F3N2O4. The average molecular weight is 481 g/mol. The van der Waals surface area contributed by atoms with Gasteiger partial charge in [-0.15, -0.1) is 0 Å². The largest absolute Gasteiger partial charge is 0.460 e. The van der Waals surface area contributed by atoms with Crippen LogP contribution in [-0.2, 0) is 19.1 Å². The van der Waals surface area contributed by atoms with Gasteiger partial charge in [-0.2, -0.15) is 13.2 Å². The van der Waals surface area contributed by atoms with E-state index in [0.717, 1.165) is 25.9 Å². The molecule has 2 aliphatic rings. The molecule has 0 saturated carbocycles. The first-order valence-corrected chi connectivity index (χ1v) is 12.0. The Morgan fingerprint density at radius 3 is 1.85 bits per heavy atom. The van der Waals surface area contributed by atoms with Gasteiger partial charge in [-0.3, -0.25) is 14.5 Å². The van der Waals surface area contributed by atoms with Gasteiger partial charge in [0, 0.05) is 19.4 Å². The summed E-state index contributed by atoms with van der Waals surface area (Å²) in [5, 5.41) is 3.30. The lowest BCUT2D eigenvalue weighted by Crippen LogP contribution is -2.42. The van der Waals surface area contributed by atoms with Crippen molar-refractivity contribution in [1.82, 2.24) is 10.2 Å². The van der Waals surface area contributed by atoms with Crippen LogP contribution < -0.4 is 5.32 Å². The highest BCUT2D eigenvalue weighted by atomic mass is 19.4. The quantitative estimate of drug-likeness (QED) is 0.575. The first-order valence-electron chi connectivity index (χ1n) is 12.0. The maximum Gasteiger partial charge on any atom is 0.401 e. The van der Waals surface area contributed by atoms with Crippen LogP contribution in [0.3, 0.4) is 0 Å². The highest BCUT2D eigenvalue weighted by Gasteiger charge is 2.33. The number of rotatable bonds is 5. The minimum atomic E-state index is -4.17. The number of alkyl halides is 3. The zero-order valence-electron chi connectivity index (χ0n) is 21.1. The number of piperidine rings is 2. The van der Waals surface area contributed by atoms with Crippen LogP contribution in [0, 0.1) is 11.8 Å². The van der Waals surface area contributed by atoms with Gasteiger partial charge >= 0.3 is 18.1 Å². The van der Waals surface area contributed by atoms with Crippen molar-refractivity contribution in [2.24, 2.45) is 11.8 Å². The van der Waals surface area contributed by atoms with E-state index >= 15 is 0 Å². The first kappa shape index (κ1) is 29.7. The Balaban J connectivity index is 0.000000346. The lowest BCUT2D eigenvalue weighted by atomic mass is 9.95. The summed E-state index contributed by atoms with van der Waals surface area (Å²) < 4.78 is 47.4. The van der Waals surface area contributed by atoms with Crippen LogP contribution in [0.25, 0.3) is 0 Å². The Kier molecular flexibility index (Phi) is 11.6. The number of hydrogen-bond acceptors (Lipinski definition) is 6. The third-order valence-corrected chi connectivity index (χ3v) is 5.16. The number of carbonyl (C=O) groups excluding carboxylic acids is 2. The van der Waals surface area contributed by atoms with E-state index in [4.69, 9.17) is 9.47 Å². The fourth-order valence-corrected chi connectivity index (χ4v) is 4.05. The van der Waals surface area contributed by atoms with Crippen LogP contribution in [0.4, 0.5) is 13.2 Å². The molecule has 2 atom stereocenters. The predicted octanol–water partition coefficient (Wildman–Crippen LogP) is 4.71. The fraction of sp³-hybridized carbons (Fsp3) is 0.917. The number of esters is 2. The SMILES string of the molecule is CC(C)(C)OC(=O)C[C@@H]1CCCN(CC(F)(F)F)C1.CC(C)(C)OC(=O)C[C@@H]1CCCNC1. The zero-order valence-corrected chi connectivity index (χ0v) is 21.1. The molecule has 0 amide bonds. The summed E-state index contributed by atoms with van der Waals surface area (Å²) >= 11 is 0. The predicted molar refractivity (Wildman–Crippen MR) is 122 cm³/mol. The summed E-state index contributed by atoms with van der Waals surface area (Å²) in [6.07, 6.45) is 0.389. The van der Waals surface area contributed by atoms with Gasteiger partial charge in [0.2, 0.25) is 0 Å². The second-order valence-corrected chi connectivity index (χ2v) is 11.2. The standard InChI is InChI=1S/C13H22F3NO2.C11H21NO2/c1-12(2,3)19-11(18)7-10-5-4-6-17(8-10)9-13(14,15)16;1-11(2,3)14-10(13)7-9-5-4-6-12-8-9/h10H,4-9H2,1-3H3;9,12H,4-8H2,1-3H3/t10-;9-/m00/s1. The molecule has 0 aromatic carbocycles. The maximum atomic E-state index is 12.3. The molecule has 9 heteroatoms. The van der Waals surface area contributed by atoms with E-state index in [1.165, 1.54) is 11.3 Å². The van der Waals surface area contributed by atoms with Crippen LogP contribution in [0.5, 0.6) is 0 Å². The van der Waals surface area contributed by atoms with Crippen molar-refractivity contribution < 1.29 is 32.2 Å². The highest BCUT2D eigenvalue weighted by molar-refractivity contribution is 5.70. The molecule has 194 valence electrons.